The molecule has 0 aliphatic carbocycles. The number of nitrogens with zero attached hydrogens (tertiary/aromatic N) is 2. The van der Waals surface area contributed by atoms with Gasteiger partial charge in [0.05, 0.1) is 11.4 Å². The van der Waals surface area contributed by atoms with Crippen molar-refractivity contribution in [3.8, 4) is 0 Å². The summed E-state index contributed by atoms with van der Waals surface area (Å²) in [7, 11) is 0. The van der Waals surface area contributed by atoms with E-state index in [4.69, 9.17) is 5.73 Å². The van der Waals surface area contributed by atoms with Gasteiger partial charge in [0.1, 0.15) is 0 Å². The Bertz CT molecular complexity index is 340. The first kappa shape index (κ1) is 7.34. The lowest BCUT2D eigenvalue weighted by Gasteiger charge is -1.91. The molecule has 2 N–H and O–H groups in total. The van der Waals surface area contributed by atoms with Gasteiger partial charge in [-0.1, -0.05) is 0 Å². The average molecular weight is 165 g/mol. The smallest absolute Gasteiger partial charge is 0.182 e. The summed E-state index contributed by atoms with van der Waals surface area (Å²) in [5, 5.41) is 4.13. The number of ketones is 1. The average Bonchev–Trinajstić information content (AvgIpc) is 2.53. The first-order valence-corrected chi connectivity index (χ1v) is 4.06. The standard InChI is InChI=1S/C8H11N3O/c1-5(12)8-7(9)6-3-2-4-11(6)10-8/h2-4,9H2,1H3. The maximum atomic E-state index is 11.0. The molecule has 1 aliphatic rings. The van der Waals surface area contributed by atoms with Crippen LogP contribution in [0.5, 0.6) is 0 Å². The van der Waals surface area contributed by atoms with Crippen molar-refractivity contribution >= 4 is 11.5 Å². The normalized spacial score (nSPS) is 14.8. The molecule has 0 fully saturated rings. The molecule has 1 aromatic rings. The number of aryl methyl sites for hydroxylation is 1. The second kappa shape index (κ2) is 2.33. The minimum atomic E-state index is -0.0469. The van der Waals surface area contributed by atoms with Crippen LogP contribution in [0.3, 0.4) is 0 Å². The van der Waals surface area contributed by atoms with E-state index in [9.17, 15) is 4.79 Å². The predicted octanol–water partition coefficient (Wildman–Crippen LogP) is 0.614. The van der Waals surface area contributed by atoms with Crippen LogP contribution in [-0.4, -0.2) is 15.6 Å². The fourth-order valence-corrected chi connectivity index (χ4v) is 1.62. The molecule has 1 aromatic heterocycles. The number of anilines is 1. The van der Waals surface area contributed by atoms with E-state index < -0.39 is 0 Å². The van der Waals surface area contributed by atoms with Gasteiger partial charge in [0.2, 0.25) is 0 Å². The molecule has 1 aliphatic heterocycles. The second-order valence-corrected chi connectivity index (χ2v) is 3.09. The number of fused-ring (bicyclic) bond motifs is 1. The maximum absolute atomic E-state index is 11.0. The number of nitrogen functional groups attached to an aromatic ring is 1. The summed E-state index contributed by atoms with van der Waals surface area (Å²) in [4.78, 5) is 11.0. The quantitative estimate of drug-likeness (QED) is 0.620. The zero-order valence-corrected chi connectivity index (χ0v) is 7.00. The summed E-state index contributed by atoms with van der Waals surface area (Å²) in [5.74, 6) is -0.0469. The van der Waals surface area contributed by atoms with Gasteiger partial charge in [-0.25, -0.2) is 0 Å². The Morgan fingerprint density at radius 2 is 2.42 bits per heavy atom. The van der Waals surface area contributed by atoms with Gasteiger partial charge in [-0.2, -0.15) is 5.10 Å². The summed E-state index contributed by atoms with van der Waals surface area (Å²) in [6.45, 7) is 2.39. The Morgan fingerprint density at radius 1 is 1.67 bits per heavy atom. The molecule has 0 atom stereocenters. The highest BCUT2D eigenvalue weighted by molar-refractivity contribution is 5.97. The van der Waals surface area contributed by atoms with Crippen LogP contribution in [0.15, 0.2) is 0 Å². The summed E-state index contributed by atoms with van der Waals surface area (Å²) in [6, 6.07) is 0. The third-order valence-corrected chi connectivity index (χ3v) is 2.22. The topological polar surface area (TPSA) is 60.9 Å². The molecule has 4 nitrogen and oxygen atoms in total. The minimum Gasteiger partial charge on any atom is -0.395 e. The Morgan fingerprint density at radius 3 is 3.00 bits per heavy atom. The largest absolute Gasteiger partial charge is 0.395 e. The van der Waals surface area contributed by atoms with Crippen molar-refractivity contribution in [3.63, 3.8) is 0 Å². The summed E-state index contributed by atoms with van der Waals surface area (Å²) in [6.07, 6.45) is 2.04. The van der Waals surface area contributed by atoms with Gasteiger partial charge in [0.25, 0.3) is 0 Å². The zero-order chi connectivity index (χ0) is 8.72. The molecular weight excluding hydrogens is 154 g/mol. The lowest BCUT2D eigenvalue weighted by atomic mass is 10.2. The number of nitrogens with two attached hydrogens (primary N) is 1. The van der Waals surface area contributed by atoms with Gasteiger partial charge in [0.15, 0.2) is 11.5 Å². The van der Waals surface area contributed by atoms with E-state index in [2.05, 4.69) is 5.10 Å². The molecular formula is C8H11N3O. The first-order chi connectivity index (χ1) is 5.70. The molecule has 0 radical (unpaired) electrons. The summed E-state index contributed by atoms with van der Waals surface area (Å²) < 4.78 is 1.84. The van der Waals surface area contributed by atoms with Crippen LogP contribution in [0.1, 0.15) is 29.5 Å². The lowest BCUT2D eigenvalue weighted by Crippen LogP contribution is -2.00. The lowest BCUT2D eigenvalue weighted by molar-refractivity contribution is 0.101. The van der Waals surface area contributed by atoms with Gasteiger partial charge in [-0.05, 0) is 12.8 Å². The van der Waals surface area contributed by atoms with E-state index in [0.29, 0.717) is 11.4 Å². The summed E-state index contributed by atoms with van der Waals surface area (Å²) in [5.41, 5.74) is 7.80. The van der Waals surface area contributed by atoms with Crippen LogP contribution in [0.25, 0.3) is 0 Å². The molecule has 12 heavy (non-hydrogen) atoms. The monoisotopic (exact) mass is 165 g/mol. The molecule has 2 rings (SSSR count). The number of Topliss-reactive ketones (excluding diaryl/α,β-unsaturated/α-hetero) is 1. The van der Waals surface area contributed by atoms with Gasteiger partial charge < -0.3 is 5.73 Å². The van der Waals surface area contributed by atoms with Crippen molar-refractivity contribution in [1.29, 1.82) is 0 Å². The van der Waals surface area contributed by atoms with E-state index in [1.54, 1.807) is 0 Å². The van der Waals surface area contributed by atoms with Crippen molar-refractivity contribution < 1.29 is 4.79 Å². The first-order valence-electron chi connectivity index (χ1n) is 4.06. The van der Waals surface area contributed by atoms with Crippen LogP contribution >= 0.6 is 0 Å². The highest BCUT2D eigenvalue weighted by atomic mass is 16.1. The molecule has 0 aromatic carbocycles. The molecule has 0 bridgehead atoms. The fourth-order valence-electron chi connectivity index (χ4n) is 1.62. The molecule has 0 saturated carbocycles. The van der Waals surface area contributed by atoms with Crippen molar-refractivity contribution in [1.82, 2.24) is 9.78 Å². The molecule has 0 saturated heterocycles. The van der Waals surface area contributed by atoms with E-state index in [0.717, 1.165) is 25.1 Å². The van der Waals surface area contributed by atoms with Crippen LogP contribution in [0, 0.1) is 0 Å². The van der Waals surface area contributed by atoms with Crippen molar-refractivity contribution in [2.24, 2.45) is 0 Å². The highest BCUT2D eigenvalue weighted by Crippen LogP contribution is 2.24. The SMILES string of the molecule is CC(=O)c1nn2c(c1N)CCC2. The molecule has 2 heterocycles. The Labute approximate surface area is 70.4 Å². The fraction of sp³-hybridized carbons (Fsp3) is 0.500. The van der Waals surface area contributed by atoms with Crippen LogP contribution in [0.4, 0.5) is 5.69 Å². The number of hydrogen-bond acceptors (Lipinski definition) is 3. The Balaban J connectivity index is 2.54. The maximum Gasteiger partial charge on any atom is 0.182 e. The second-order valence-electron chi connectivity index (χ2n) is 3.09. The molecule has 64 valence electrons. The van der Waals surface area contributed by atoms with E-state index >= 15 is 0 Å². The summed E-state index contributed by atoms with van der Waals surface area (Å²) >= 11 is 0. The van der Waals surface area contributed by atoms with Crippen molar-refractivity contribution in [2.75, 3.05) is 5.73 Å². The number of aromatic nitrogens is 2. The predicted molar refractivity (Wildman–Crippen MR) is 45.0 cm³/mol. The Kier molecular flexibility index (Phi) is 1.43. The Hall–Kier alpha value is -1.32. The number of carbonyl (C=O) groups excluding carboxylic acids is 1. The van der Waals surface area contributed by atoms with E-state index in [1.807, 2.05) is 4.68 Å². The van der Waals surface area contributed by atoms with Gasteiger partial charge in [0, 0.05) is 13.5 Å². The van der Waals surface area contributed by atoms with Crippen molar-refractivity contribution in [2.45, 2.75) is 26.3 Å². The highest BCUT2D eigenvalue weighted by Gasteiger charge is 2.21. The van der Waals surface area contributed by atoms with Crippen LogP contribution < -0.4 is 5.73 Å². The third-order valence-electron chi connectivity index (χ3n) is 2.22. The molecule has 0 amide bonds. The van der Waals surface area contributed by atoms with Crippen LogP contribution in [0.2, 0.25) is 0 Å². The minimum absolute atomic E-state index is 0.0469. The third kappa shape index (κ3) is 0.841. The van der Waals surface area contributed by atoms with E-state index in [1.165, 1.54) is 6.92 Å². The molecule has 0 spiro atoms. The zero-order valence-electron chi connectivity index (χ0n) is 7.00. The number of hydrogen-bond donors (Lipinski definition) is 1. The van der Waals surface area contributed by atoms with Crippen LogP contribution in [-0.2, 0) is 13.0 Å². The van der Waals surface area contributed by atoms with Gasteiger partial charge in [-0.3, -0.25) is 9.48 Å². The van der Waals surface area contributed by atoms with E-state index in [-0.39, 0.29) is 5.78 Å². The van der Waals surface area contributed by atoms with Gasteiger partial charge in [-0.15, -0.1) is 0 Å². The molecule has 0 unspecified atom stereocenters. The van der Waals surface area contributed by atoms with Crippen molar-refractivity contribution in [3.05, 3.63) is 11.4 Å². The molecule has 4 heteroatoms. The number of carbonyl (C=O) groups is 1. The number of rotatable bonds is 1. The van der Waals surface area contributed by atoms with Gasteiger partial charge >= 0.3 is 0 Å².